The first kappa shape index (κ1) is 23.4. The molecule has 2 amide bonds. The Bertz CT molecular complexity index is 403. The van der Waals surface area contributed by atoms with Gasteiger partial charge in [-0.2, -0.15) is 0 Å². The zero-order chi connectivity index (χ0) is 18.5. The van der Waals surface area contributed by atoms with E-state index in [2.05, 4.69) is 25.8 Å². The molecule has 0 aliphatic heterocycles. The zero-order valence-electron chi connectivity index (χ0n) is 14.3. The number of carbonyl (C=O) groups is 2. The molecule has 1 saturated carbocycles. The van der Waals surface area contributed by atoms with Crippen LogP contribution in [0.2, 0.25) is 0 Å². The number of halogens is 2. The first-order valence-corrected chi connectivity index (χ1v) is 9.49. The van der Waals surface area contributed by atoms with Crippen LogP contribution < -0.4 is 0 Å². The van der Waals surface area contributed by atoms with E-state index in [1.54, 1.807) is 12.2 Å². The van der Waals surface area contributed by atoms with Crippen molar-refractivity contribution in [2.24, 2.45) is 0 Å². The highest BCUT2D eigenvalue weighted by Gasteiger charge is 2.21. The smallest absolute Gasteiger partial charge is 0.278 e. The third kappa shape index (κ3) is 9.00. The fraction of sp³-hybridized carbons (Fsp3) is 0.647. The molecule has 0 N–H and O–H groups in total. The average Bonchev–Trinajstić information content (AvgIpc) is 2.56. The van der Waals surface area contributed by atoms with Gasteiger partial charge >= 0.3 is 0 Å². The van der Waals surface area contributed by atoms with Crippen LogP contribution in [0.15, 0.2) is 25.3 Å². The van der Waals surface area contributed by atoms with E-state index in [0.29, 0.717) is 19.1 Å². The summed E-state index contributed by atoms with van der Waals surface area (Å²) in [5, 5.41) is -0.0654. The van der Waals surface area contributed by atoms with Crippen LogP contribution in [0.5, 0.6) is 0 Å². The number of thiol groups is 1. The van der Waals surface area contributed by atoms with Crippen molar-refractivity contribution < 1.29 is 9.59 Å². The fourth-order valence-corrected chi connectivity index (χ4v) is 3.23. The van der Waals surface area contributed by atoms with E-state index in [9.17, 15) is 9.59 Å². The lowest BCUT2D eigenvalue weighted by Crippen LogP contribution is -2.38. The minimum absolute atomic E-state index is 0.0654. The van der Waals surface area contributed by atoms with Gasteiger partial charge in [-0.3, -0.25) is 9.59 Å². The van der Waals surface area contributed by atoms with E-state index in [1.807, 2.05) is 11.8 Å². The van der Waals surface area contributed by atoms with Gasteiger partial charge in [0.25, 0.3) is 11.1 Å². The van der Waals surface area contributed by atoms with Gasteiger partial charge in [0, 0.05) is 25.7 Å². The summed E-state index contributed by atoms with van der Waals surface area (Å²) < 4.78 is 0. The van der Waals surface area contributed by atoms with Crippen molar-refractivity contribution in [1.29, 1.82) is 0 Å². The van der Waals surface area contributed by atoms with E-state index in [4.69, 9.17) is 23.2 Å². The second kappa shape index (κ2) is 13.6. The van der Waals surface area contributed by atoms with E-state index in [1.165, 1.54) is 37.0 Å². The van der Waals surface area contributed by atoms with Crippen LogP contribution in [-0.2, 0) is 4.79 Å². The molecule has 1 aliphatic carbocycles. The molecule has 0 aromatic carbocycles. The summed E-state index contributed by atoms with van der Waals surface area (Å²) in [4.78, 5) is 24.6. The number of rotatable bonds is 7. The monoisotopic (exact) mass is 394 g/mol. The van der Waals surface area contributed by atoms with Gasteiger partial charge < -0.3 is 9.80 Å². The summed E-state index contributed by atoms with van der Waals surface area (Å²) >= 11 is 14.7. The lowest BCUT2D eigenvalue weighted by molar-refractivity contribution is -0.128. The predicted molar refractivity (Wildman–Crippen MR) is 106 cm³/mol. The molecule has 1 fully saturated rings. The number of hydrogen-bond donors (Lipinski definition) is 1. The van der Waals surface area contributed by atoms with Gasteiger partial charge in [0.2, 0.25) is 0 Å². The first-order valence-electron chi connectivity index (χ1n) is 8.17. The maximum Gasteiger partial charge on any atom is 0.278 e. The first-order chi connectivity index (χ1) is 11.4. The maximum atomic E-state index is 11.2. The van der Waals surface area contributed by atoms with Crippen LogP contribution in [0.4, 0.5) is 4.79 Å². The molecule has 0 aromatic heterocycles. The van der Waals surface area contributed by atoms with Gasteiger partial charge in [-0.05, 0) is 19.8 Å². The van der Waals surface area contributed by atoms with E-state index < -0.39 is 4.84 Å². The Morgan fingerprint density at radius 2 is 1.67 bits per heavy atom. The van der Waals surface area contributed by atoms with Crippen LogP contribution in [0.25, 0.3) is 0 Å². The molecular formula is C17H28Cl2N2O2S. The van der Waals surface area contributed by atoms with Crippen LogP contribution in [0.1, 0.15) is 39.0 Å². The van der Waals surface area contributed by atoms with Crippen LogP contribution in [0, 0.1) is 0 Å². The summed E-state index contributed by atoms with van der Waals surface area (Å²) in [5.74, 6) is -0.321. The summed E-state index contributed by atoms with van der Waals surface area (Å²) in [6.45, 7) is 10.7. The summed E-state index contributed by atoms with van der Waals surface area (Å²) in [6, 6.07) is 0.466. The Labute approximate surface area is 161 Å². The molecule has 0 radical (unpaired) electrons. The summed E-state index contributed by atoms with van der Waals surface area (Å²) in [7, 11) is 0. The van der Waals surface area contributed by atoms with Crippen molar-refractivity contribution in [1.82, 2.24) is 9.80 Å². The highest BCUT2D eigenvalue weighted by molar-refractivity contribution is 7.96. The number of amides is 2. The second-order valence-electron chi connectivity index (χ2n) is 5.48. The van der Waals surface area contributed by atoms with E-state index in [-0.39, 0.29) is 11.1 Å². The molecule has 0 bridgehead atoms. The molecule has 138 valence electrons. The highest BCUT2D eigenvalue weighted by Crippen LogP contribution is 2.23. The van der Waals surface area contributed by atoms with Gasteiger partial charge in [0.1, 0.15) is 0 Å². The van der Waals surface area contributed by atoms with Gasteiger partial charge in [-0.25, -0.2) is 0 Å². The van der Waals surface area contributed by atoms with Crippen LogP contribution >= 0.6 is 35.8 Å². The van der Waals surface area contributed by atoms with Crippen molar-refractivity contribution in [3.8, 4) is 0 Å². The van der Waals surface area contributed by atoms with Crippen LogP contribution in [0.3, 0.4) is 0 Å². The molecule has 1 aliphatic rings. The Kier molecular flexibility index (Phi) is 13.3. The molecule has 0 heterocycles. The lowest BCUT2D eigenvalue weighted by Gasteiger charge is -2.32. The lowest BCUT2D eigenvalue weighted by atomic mass is 9.94. The van der Waals surface area contributed by atoms with Crippen molar-refractivity contribution in [2.45, 2.75) is 49.9 Å². The molecule has 0 aromatic rings. The number of nitrogens with zero attached hydrogens (tertiary/aromatic N) is 2. The number of carbonyl (C=O) groups excluding carboxylic acids is 2. The fourth-order valence-electron chi connectivity index (χ4n) is 2.65. The second-order valence-corrected chi connectivity index (χ2v) is 6.96. The van der Waals surface area contributed by atoms with Crippen molar-refractivity contribution in [2.75, 3.05) is 19.6 Å². The molecule has 0 spiro atoms. The normalized spacial score (nSPS) is 14.4. The van der Waals surface area contributed by atoms with E-state index >= 15 is 0 Å². The molecule has 0 unspecified atom stereocenters. The van der Waals surface area contributed by atoms with Gasteiger partial charge in [-0.1, -0.05) is 67.2 Å². The van der Waals surface area contributed by atoms with Gasteiger partial charge in [0.05, 0.1) is 0 Å². The quantitative estimate of drug-likeness (QED) is 0.386. The van der Waals surface area contributed by atoms with Crippen molar-refractivity contribution in [3.63, 3.8) is 0 Å². The molecule has 0 atom stereocenters. The van der Waals surface area contributed by atoms with Gasteiger partial charge in [0.15, 0.2) is 4.84 Å². The minimum atomic E-state index is -1.01. The standard InChI is InChI=1S/C9H17NOS.C8H11Cl2NO/c1-2-10(9(11)12)8-6-4-3-5-7-8;1-3-5-11(6-4-2)8(12)7(9)10/h8H,2-7H2,1H3,(H,11,12);3-4,7H,1-2,5-6H2. The Balaban J connectivity index is 0.000000441. The SMILES string of the molecule is C=CCN(CC=C)C(=O)C(Cl)Cl.CCN(C(=O)S)C1CCCCC1. The Morgan fingerprint density at radius 1 is 1.17 bits per heavy atom. The van der Waals surface area contributed by atoms with Crippen molar-refractivity contribution in [3.05, 3.63) is 25.3 Å². The molecule has 24 heavy (non-hydrogen) atoms. The number of alkyl halides is 2. The molecule has 4 nitrogen and oxygen atoms in total. The number of hydrogen-bond acceptors (Lipinski definition) is 2. The summed E-state index contributed by atoms with van der Waals surface area (Å²) in [5.41, 5.74) is 0. The summed E-state index contributed by atoms with van der Waals surface area (Å²) in [6.07, 6.45) is 9.41. The minimum Gasteiger partial charge on any atom is -0.333 e. The highest BCUT2D eigenvalue weighted by atomic mass is 35.5. The average molecular weight is 395 g/mol. The molecule has 0 saturated heterocycles. The third-order valence-corrected chi connectivity index (χ3v) is 4.43. The largest absolute Gasteiger partial charge is 0.333 e. The predicted octanol–water partition coefficient (Wildman–Crippen LogP) is 4.68. The molecular weight excluding hydrogens is 367 g/mol. The van der Waals surface area contributed by atoms with E-state index in [0.717, 1.165) is 6.54 Å². The Morgan fingerprint density at radius 3 is 2.00 bits per heavy atom. The zero-order valence-corrected chi connectivity index (χ0v) is 16.7. The molecule has 7 heteroatoms. The van der Waals surface area contributed by atoms with Crippen LogP contribution in [-0.4, -0.2) is 51.5 Å². The van der Waals surface area contributed by atoms with Crippen molar-refractivity contribution >= 4 is 47.0 Å². The molecule has 1 rings (SSSR count). The third-order valence-electron chi connectivity index (χ3n) is 3.80. The Hall–Kier alpha value is -0.650. The maximum absolute atomic E-state index is 11.2. The van der Waals surface area contributed by atoms with Gasteiger partial charge in [-0.15, -0.1) is 13.2 Å². The topological polar surface area (TPSA) is 40.6 Å².